The van der Waals surface area contributed by atoms with Crippen molar-refractivity contribution < 1.29 is 0 Å². The molecule has 8 aromatic rings. The van der Waals surface area contributed by atoms with Gasteiger partial charge in [0.05, 0.1) is 22.1 Å². The van der Waals surface area contributed by atoms with Gasteiger partial charge in [-0.3, -0.25) is 0 Å². The van der Waals surface area contributed by atoms with E-state index >= 15 is 0 Å². The molecule has 2 heterocycles. The van der Waals surface area contributed by atoms with Gasteiger partial charge in [0.2, 0.25) is 0 Å². The molecular weight excluding hydrogens is 460 g/mol. The number of para-hydroxylation sites is 3. The van der Waals surface area contributed by atoms with E-state index in [1.54, 1.807) is 0 Å². The topological polar surface area (TPSA) is 9.86 Å². The fraction of sp³-hybridized carbons (Fsp3) is 0. The minimum Gasteiger partial charge on any atom is -0.309 e. The number of fused-ring (bicyclic) bond motifs is 7. The van der Waals surface area contributed by atoms with Gasteiger partial charge in [0.15, 0.2) is 0 Å². The Kier molecular flexibility index (Phi) is 4.55. The second-order valence-corrected chi connectivity index (χ2v) is 9.81. The summed E-state index contributed by atoms with van der Waals surface area (Å²) in [7, 11) is 0. The van der Waals surface area contributed by atoms with Crippen molar-refractivity contribution >= 4 is 43.6 Å². The lowest BCUT2D eigenvalue weighted by molar-refractivity contribution is 1.17. The van der Waals surface area contributed by atoms with Crippen LogP contribution in [0.2, 0.25) is 0 Å². The third kappa shape index (κ3) is 3.01. The van der Waals surface area contributed by atoms with Crippen molar-refractivity contribution in [3.8, 4) is 22.5 Å². The highest BCUT2D eigenvalue weighted by molar-refractivity contribution is 6.26. The number of nitrogens with zero attached hydrogens (tertiary/aromatic N) is 2. The summed E-state index contributed by atoms with van der Waals surface area (Å²) >= 11 is 0. The van der Waals surface area contributed by atoms with Crippen LogP contribution >= 0.6 is 0 Å². The molecule has 2 heteroatoms. The Bertz CT molecular complexity index is 2100. The fourth-order valence-electron chi connectivity index (χ4n) is 6.07. The lowest BCUT2D eigenvalue weighted by Crippen LogP contribution is -1.95. The summed E-state index contributed by atoms with van der Waals surface area (Å²) in [5, 5.41) is 5.08. The predicted molar refractivity (Wildman–Crippen MR) is 161 cm³/mol. The first-order chi connectivity index (χ1) is 18.9. The van der Waals surface area contributed by atoms with E-state index in [2.05, 4.69) is 155 Å². The van der Waals surface area contributed by atoms with Gasteiger partial charge in [0.1, 0.15) is 0 Å². The van der Waals surface area contributed by atoms with E-state index in [0.29, 0.717) is 0 Å². The van der Waals surface area contributed by atoms with Crippen molar-refractivity contribution in [2.45, 2.75) is 0 Å². The van der Waals surface area contributed by atoms with Crippen LogP contribution in [-0.2, 0) is 0 Å². The maximum atomic E-state index is 2.46. The maximum absolute atomic E-state index is 2.46. The smallest absolute Gasteiger partial charge is 0.0641 e. The van der Waals surface area contributed by atoms with Crippen molar-refractivity contribution in [1.29, 1.82) is 0 Å². The molecular formula is C36H24N2. The number of hydrogen-bond donors (Lipinski definition) is 0. The van der Waals surface area contributed by atoms with E-state index in [0.717, 1.165) is 0 Å². The first-order valence-electron chi connectivity index (χ1n) is 13.0. The van der Waals surface area contributed by atoms with Gasteiger partial charge in [-0.15, -0.1) is 0 Å². The molecule has 0 radical (unpaired) electrons. The van der Waals surface area contributed by atoms with Gasteiger partial charge < -0.3 is 9.13 Å². The Morgan fingerprint density at radius 2 is 0.947 bits per heavy atom. The summed E-state index contributed by atoms with van der Waals surface area (Å²) in [6.07, 6.45) is 0. The van der Waals surface area contributed by atoms with E-state index in [1.807, 2.05) is 0 Å². The second-order valence-electron chi connectivity index (χ2n) is 9.81. The Balaban J connectivity index is 1.58. The quantitative estimate of drug-likeness (QED) is 0.236. The second kappa shape index (κ2) is 8.22. The molecule has 0 saturated heterocycles. The summed E-state index contributed by atoms with van der Waals surface area (Å²) in [5.41, 5.74) is 9.69. The monoisotopic (exact) mass is 484 g/mol. The molecule has 0 aliphatic carbocycles. The third-order valence-electron chi connectivity index (χ3n) is 7.70. The van der Waals surface area contributed by atoms with E-state index in [-0.39, 0.29) is 0 Å². The zero-order chi connectivity index (χ0) is 25.1. The maximum Gasteiger partial charge on any atom is 0.0641 e. The van der Waals surface area contributed by atoms with Crippen molar-refractivity contribution in [1.82, 2.24) is 9.13 Å². The lowest BCUT2D eigenvalue weighted by Gasteiger charge is -2.10. The fourth-order valence-corrected chi connectivity index (χ4v) is 6.07. The highest BCUT2D eigenvalue weighted by Gasteiger charge is 2.20. The van der Waals surface area contributed by atoms with Crippen LogP contribution in [0.4, 0.5) is 0 Å². The van der Waals surface area contributed by atoms with Crippen molar-refractivity contribution in [2.24, 2.45) is 0 Å². The summed E-state index contributed by atoms with van der Waals surface area (Å²) in [4.78, 5) is 0. The zero-order valence-electron chi connectivity index (χ0n) is 20.8. The van der Waals surface area contributed by atoms with Gasteiger partial charge in [-0.1, -0.05) is 103 Å². The summed E-state index contributed by atoms with van der Waals surface area (Å²) in [6, 6.07) is 52.4. The normalized spacial score (nSPS) is 11.7. The number of benzene rings is 6. The first kappa shape index (κ1) is 21.0. The Morgan fingerprint density at radius 3 is 1.68 bits per heavy atom. The van der Waals surface area contributed by atoms with Crippen molar-refractivity contribution in [3.63, 3.8) is 0 Å². The van der Waals surface area contributed by atoms with E-state index in [1.165, 1.54) is 66.1 Å². The highest BCUT2D eigenvalue weighted by atomic mass is 15.0. The third-order valence-corrected chi connectivity index (χ3v) is 7.70. The van der Waals surface area contributed by atoms with E-state index < -0.39 is 0 Å². The van der Waals surface area contributed by atoms with Crippen LogP contribution in [0.3, 0.4) is 0 Å². The Labute approximate surface area is 220 Å². The van der Waals surface area contributed by atoms with Crippen LogP contribution in [0.15, 0.2) is 146 Å². The minimum absolute atomic E-state index is 1.17. The largest absolute Gasteiger partial charge is 0.309 e. The summed E-state index contributed by atoms with van der Waals surface area (Å²) < 4.78 is 4.85. The standard InChI is InChI=1S/C36H24N2/c1-4-12-25(13-5-1)26-20-21-29-30-22-23-33-35(36(30)38(34(29)24-26)28-16-8-3-9-17-28)31-18-10-11-19-32(31)37(33)27-14-6-2-7-15-27/h1-24H. The molecule has 0 atom stereocenters. The first-order valence-corrected chi connectivity index (χ1v) is 13.0. The van der Waals surface area contributed by atoms with Gasteiger partial charge in [0.25, 0.3) is 0 Å². The van der Waals surface area contributed by atoms with Gasteiger partial charge in [0, 0.05) is 32.9 Å². The molecule has 2 aromatic heterocycles. The summed E-state index contributed by atoms with van der Waals surface area (Å²) in [6.45, 7) is 0. The zero-order valence-corrected chi connectivity index (χ0v) is 20.8. The minimum atomic E-state index is 1.17. The molecule has 8 rings (SSSR count). The molecule has 0 N–H and O–H groups in total. The Morgan fingerprint density at radius 1 is 0.342 bits per heavy atom. The van der Waals surface area contributed by atoms with Crippen LogP contribution in [0, 0.1) is 0 Å². The molecule has 0 saturated carbocycles. The van der Waals surface area contributed by atoms with Crippen LogP contribution in [-0.4, -0.2) is 9.13 Å². The predicted octanol–water partition coefficient (Wildman–Crippen LogP) is 9.55. The molecule has 0 aliphatic heterocycles. The molecule has 38 heavy (non-hydrogen) atoms. The van der Waals surface area contributed by atoms with Crippen LogP contribution in [0.5, 0.6) is 0 Å². The average molecular weight is 485 g/mol. The van der Waals surface area contributed by atoms with Gasteiger partial charge in [-0.2, -0.15) is 0 Å². The molecule has 0 amide bonds. The summed E-state index contributed by atoms with van der Waals surface area (Å²) in [5.74, 6) is 0. The molecule has 0 spiro atoms. The highest BCUT2D eigenvalue weighted by Crippen LogP contribution is 2.42. The molecule has 0 aliphatic rings. The number of rotatable bonds is 3. The molecule has 0 bridgehead atoms. The molecule has 0 fully saturated rings. The molecule has 6 aromatic carbocycles. The van der Waals surface area contributed by atoms with Gasteiger partial charge >= 0.3 is 0 Å². The van der Waals surface area contributed by atoms with Gasteiger partial charge in [-0.25, -0.2) is 0 Å². The van der Waals surface area contributed by atoms with Crippen LogP contribution < -0.4 is 0 Å². The van der Waals surface area contributed by atoms with Crippen LogP contribution in [0.1, 0.15) is 0 Å². The molecule has 178 valence electrons. The lowest BCUT2D eigenvalue weighted by atomic mass is 10.0. The van der Waals surface area contributed by atoms with E-state index in [9.17, 15) is 0 Å². The molecule has 2 nitrogen and oxygen atoms in total. The van der Waals surface area contributed by atoms with Gasteiger partial charge in [-0.05, 0) is 53.6 Å². The average Bonchev–Trinajstić information content (AvgIpc) is 3.51. The number of aromatic nitrogens is 2. The molecule has 0 unspecified atom stereocenters. The van der Waals surface area contributed by atoms with Crippen molar-refractivity contribution in [2.75, 3.05) is 0 Å². The number of hydrogen-bond acceptors (Lipinski definition) is 0. The van der Waals surface area contributed by atoms with E-state index in [4.69, 9.17) is 0 Å². The SMILES string of the molecule is c1ccc(-c2ccc3c4ccc5c(c6ccccc6n5-c5ccccc5)c4n(-c4ccccc4)c3c2)cc1. The van der Waals surface area contributed by atoms with Crippen LogP contribution in [0.25, 0.3) is 66.1 Å². The Hall–Kier alpha value is -5.08. The van der Waals surface area contributed by atoms with Crippen molar-refractivity contribution in [3.05, 3.63) is 146 Å².